The van der Waals surface area contributed by atoms with Crippen LogP contribution in [-0.2, 0) is 17.9 Å². The Morgan fingerprint density at radius 1 is 0.938 bits per heavy atom. The van der Waals surface area contributed by atoms with Gasteiger partial charge in [0.1, 0.15) is 18.9 Å². The van der Waals surface area contributed by atoms with Gasteiger partial charge in [0.25, 0.3) is 0 Å². The topological polar surface area (TPSA) is 42.8 Å². The number of nitrogens with one attached hydrogen (secondary N) is 2. The zero-order chi connectivity index (χ0) is 22.2. The quantitative estimate of drug-likeness (QED) is 0.570. The number of ether oxygens (including phenoxy) is 1. The van der Waals surface area contributed by atoms with Crippen molar-refractivity contribution in [2.45, 2.75) is 39.0 Å². The first-order valence-corrected chi connectivity index (χ1v) is 11.6. The summed E-state index contributed by atoms with van der Waals surface area (Å²) in [4.78, 5) is 14.3. The first kappa shape index (κ1) is 22.1. The SMILES string of the molecule is C[C@@H](NC(=O)C1CC[NH+](Cc2cccc(OCc3ccccc3)c2)CC1)c1ccccc1. The molecule has 1 amide bonds. The second-order valence-electron chi connectivity index (χ2n) is 8.76. The molecule has 3 aromatic rings. The van der Waals surface area contributed by atoms with Gasteiger partial charge in [-0.1, -0.05) is 72.8 Å². The molecule has 4 rings (SSSR count). The van der Waals surface area contributed by atoms with E-state index in [1.165, 1.54) is 16.0 Å². The molecule has 2 N–H and O–H groups in total. The minimum Gasteiger partial charge on any atom is -0.489 e. The van der Waals surface area contributed by atoms with Gasteiger partial charge in [-0.15, -0.1) is 0 Å². The van der Waals surface area contributed by atoms with E-state index in [0.717, 1.165) is 43.8 Å². The van der Waals surface area contributed by atoms with E-state index in [2.05, 4.69) is 54.7 Å². The van der Waals surface area contributed by atoms with Crippen LogP contribution in [0, 0.1) is 5.92 Å². The molecule has 32 heavy (non-hydrogen) atoms. The average molecular weight is 430 g/mol. The molecule has 0 unspecified atom stereocenters. The van der Waals surface area contributed by atoms with Crippen LogP contribution in [0.5, 0.6) is 5.75 Å². The molecule has 0 saturated carbocycles. The van der Waals surface area contributed by atoms with Crippen LogP contribution < -0.4 is 15.0 Å². The average Bonchev–Trinajstić information content (AvgIpc) is 2.84. The predicted octanol–water partition coefficient (Wildman–Crippen LogP) is 3.94. The third-order valence-corrected chi connectivity index (χ3v) is 6.32. The predicted molar refractivity (Wildman–Crippen MR) is 127 cm³/mol. The number of hydrogen-bond donors (Lipinski definition) is 2. The third-order valence-electron chi connectivity index (χ3n) is 6.32. The van der Waals surface area contributed by atoms with Crippen molar-refractivity contribution in [3.05, 3.63) is 102 Å². The molecular weight excluding hydrogens is 396 g/mol. The molecule has 1 aliphatic rings. The molecule has 1 heterocycles. The number of hydrogen-bond acceptors (Lipinski definition) is 2. The molecule has 1 atom stereocenters. The summed E-state index contributed by atoms with van der Waals surface area (Å²) in [5.74, 6) is 1.22. The fourth-order valence-corrected chi connectivity index (χ4v) is 4.40. The van der Waals surface area contributed by atoms with E-state index >= 15 is 0 Å². The summed E-state index contributed by atoms with van der Waals surface area (Å²) in [5.41, 5.74) is 3.61. The maximum atomic E-state index is 12.7. The van der Waals surface area contributed by atoms with Crippen molar-refractivity contribution >= 4 is 5.91 Å². The molecule has 4 heteroatoms. The fraction of sp³-hybridized carbons (Fsp3) is 0.321. The van der Waals surface area contributed by atoms with Crippen molar-refractivity contribution in [3.63, 3.8) is 0 Å². The Morgan fingerprint density at radius 2 is 1.59 bits per heavy atom. The largest absolute Gasteiger partial charge is 0.489 e. The lowest BCUT2D eigenvalue weighted by atomic mass is 9.95. The molecular formula is C28H33N2O2+. The van der Waals surface area contributed by atoms with Crippen LogP contribution in [0.1, 0.15) is 42.5 Å². The molecule has 0 radical (unpaired) electrons. The lowest BCUT2D eigenvalue weighted by molar-refractivity contribution is -0.919. The van der Waals surface area contributed by atoms with Gasteiger partial charge in [0.05, 0.1) is 19.1 Å². The number of rotatable bonds is 8. The van der Waals surface area contributed by atoms with Crippen molar-refractivity contribution < 1.29 is 14.4 Å². The molecule has 4 nitrogen and oxygen atoms in total. The highest BCUT2D eigenvalue weighted by atomic mass is 16.5. The van der Waals surface area contributed by atoms with E-state index in [9.17, 15) is 4.79 Å². The van der Waals surface area contributed by atoms with Crippen LogP contribution >= 0.6 is 0 Å². The first-order valence-electron chi connectivity index (χ1n) is 11.6. The van der Waals surface area contributed by atoms with E-state index < -0.39 is 0 Å². The normalized spacial score (nSPS) is 19.2. The third kappa shape index (κ3) is 6.21. The van der Waals surface area contributed by atoms with Crippen LogP contribution in [-0.4, -0.2) is 19.0 Å². The van der Waals surface area contributed by atoms with Crippen LogP contribution in [0.3, 0.4) is 0 Å². The molecule has 1 aliphatic heterocycles. The van der Waals surface area contributed by atoms with E-state index in [0.29, 0.717) is 6.61 Å². The van der Waals surface area contributed by atoms with E-state index in [-0.39, 0.29) is 17.9 Å². The lowest BCUT2D eigenvalue weighted by Gasteiger charge is -2.29. The van der Waals surface area contributed by atoms with Crippen molar-refractivity contribution in [1.82, 2.24) is 5.32 Å². The molecule has 0 aromatic heterocycles. The Morgan fingerprint density at radius 3 is 2.31 bits per heavy atom. The molecule has 3 aromatic carbocycles. The van der Waals surface area contributed by atoms with Crippen molar-refractivity contribution in [2.75, 3.05) is 13.1 Å². The second kappa shape index (κ2) is 11.0. The monoisotopic (exact) mass is 429 g/mol. The number of carbonyl (C=O) groups excluding carboxylic acids is 1. The van der Waals surface area contributed by atoms with E-state index in [1.807, 2.05) is 42.5 Å². The highest BCUT2D eigenvalue weighted by Crippen LogP contribution is 2.17. The first-order chi connectivity index (χ1) is 15.7. The number of quaternary nitrogens is 1. The smallest absolute Gasteiger partial charge is 0.224 e. The van der Waals surface area contributed by atoms with Crippen LogP contribution in [0.15, 0.2) is 84.9 Å². The van der Waals surface area contributed by atoms with Gasteiger partial charge in [0, 0.05) is 24.3 Å². The summed E-state index contributed by atoms with van der Waals surface area (Å²) in [6.45, 7) is 5.65. The number of piperidine rings is 1. The summed E-state index contributed by atoms with van der Waals surface area (Å²) in [6.07, 6.45) is 1.87. The summed E-state index contributed by atoms with van der Waals surface area (Å²) in [6, 6.07) is 28.9. The minimum atomic E-state index is 0.0488. The van der Waals surface area contributed by atoms with Crippen LogP contribution in [0.2, 0.25) is 0 Å². The zero-order valence-corrected chi connectivity index (χ0v) is 18.8. The van der Waals surface area contributed by atoms with Crippen molar-refractivity contribution in [3.8, 4) is 5.75 Å². The molecule has 0 spiro atoms. The Balaban J connectivity index is 1.24. The molecule has 1 fully saturated rings. The summed E-state index contributed by atoms with van der Waals surface area (Å²) in [7, 11) is 0. The standard InChI is InChI=1S/C28H32N2O2/c1-22(25-12-6-3-7-13-25)29-28(31)26-15-17-30(18-16-26)20-24-11-8-14-27(19-24)32-21-23-9-4-2-5-10-23/h2-14,19,22,26H,15-18,20-21H2,1H3,(H,29,31)/p+1/t22-/m1/s1. The van der Waals surface area contributed by atoms with E-state index in [1.54, 1.807) is 0 Å². The Labute approximate surface area is 191 Å². The van der Waals surface area contributed by atoms with E-state index in [4.69, 9.17) is 4.74 Å². The zero-order valence-electron chi connectivity index (χ0n) is 18.8. The summed E-state index contributed by atoms with van der Waals surface area (Å²) >= 11 is 0. The van der Waals surface area contributed by atoms with Gasteiger partial charge < -0.3 is 15.0 Å². The van der Waals surface area contributed by atoms with Gasteiger partial charge in [-0.25, -0.2) is 0 Å². The van der Waals surface area contributed by atoms with Gasteiger partial charge in [-0.2, -0.15) is 0 Å². The minimum absolute atomic E-state index is 0.0488. The number of benzene rings is 3. The van der Waals surface area contributed by atoms with Gasteiger partial charge in [-0.05, 0) is 30.2 Å². The summed E-state index contributed by atoms with van der Waals surface area (Å²) < 4.78 is 5.98. The Hall–Kier alpha value is -3.11. The Bertz CT molecular complexity index is 983. The number of likely N-dealkylation sites (tertiary alicyclic amines) is 1. The highest BCUT2D eigenvalue weighted by molar-refractivity contribution is 5.79. The fourth-order valence-electron chi connectivity index (χ4n) is 4.40. The van der Waals surface area contributed by atoms with Gasteiger partial charge in [0.15, 0.2) is 0 Å². The van der Waals surface area contributed by atoms with Crippen molar-refractivity contribution in [1.29, 1.82) is 0 Å². The Kier molecular flexibility index (Phi) is 7.57. The lowest BCUT2D eigenvalue weighted by Crippen LogP contribution is -3.11. The highest BCUT2D eigenvalue weighted by Gasteiger charge is 2.28. The maximum absolute atomic E-state index is 12.7. The molecule has 1 saturated heterocycles. The number of carbonyl (C=O) groups is 1. The molecule has 0 bridgehead atoms. The number of amides is 1. The van der Waals surface area contributed by atoms with Crippen LogP contribution in [0.4, 0.5) is 0 Å². The van der Waals surface area contributed by atoms with Gasteiger partial charge >= 0.3 is 0 Å². The van der Waals surface area contributed by atoms with Crippen LogP contribution in [0.25, 0.3) is 0 Å². The molecule has 166 valence electrons. The van der Waals surface area contributed by atoms with Gasteiger partial charge in [-0.3, -0.25) is 4.79 Å². The maximum Gasteiger partial charge on any atom is 0.224 e. The second-order valence-corrected chi connectivity index (χ2v) is 8.76. The van der Waals surface area contributed by atoms with Crippen molar-refractivity contribution in [2.24, 2.45) is 5.92 Å². The van der Waals surface area contributed by atoms with Gasteiger partial charge in [0.2, 0.25) is 5.91 Å². The molecule has 0 aliphatic carbocycles. The summed E-state index contributed by atoms with van der Waals surface area (Å²) in [5, 5.41) is 3.20.